The second-order valence-corrected chi connectivity index (χ2v) is 5.81. The highest BCUT2D eigenvalue weighted by Crippen LogP contribution is 2.38. The summed E-state index contributed by atoms with van der Waals surface area (Å²) in [5, 5.41) is 6.67. The molecule has 0 saturated carbocycles. The van der Waals surface area contributed by atoms with E-state index < -0.39 is 23.8 Å². The van der Waals surface area contributed by atoms with Gasteiger partial charge in [-0.3, -0.25) is 4.79 Å². The van der Waals surface area contributed by atoms with Crippen molar-refractivity contribution in [1.82, 2.24) is 0 Å². The monoisotopic (exact) mass is 290 g/mol. The smallest absolute Gasteiger partial charge is 0.401 e. The van der Waals surface area contributed by atoms with Crippen molar-refractivity contribution in [2.45, 2.75) is 42.0 Å². The zero-order valence-corrected chi connectivity index (χ0v) is 10.9. The summed E-state index contributed by atoms with van der Waals surface area (Å²) in [6.45, 7) is 0. The van der Waals surface area contributed by atoms with Crippen LogP contribution in [0.2, 0.25) is 0 Å². The normalized spacial score (nSPS) is 16.2. The first-order chi connectivity index (χ1) is 8.86. The predicted molar refractivity (Wildman–Crippen MR) is 66.4 cm³/mol. The van der Waals surface area contributed by atoms with Gasteiger partial charge in [-0.15, -0.1) is 11.8 Å². The Morgan fingerprint density at radius 3 is 2.63 bits per heavy atom. The molecule has 104 valence electrons. The number of halogens is 3. The lowest BCUT2D eigenvalue weighted by Crippen LogP contribution is -2.28. The van der Waals surface area contributed by atoms with Crippen LogP contribution in [0, 0.1) is 0 Å². The standard InChI is InChI=1S/C13H13F3O2S/c14-13(15,16)11(7-12(17)18)19-10-5-4-8-2-1-3-9(8)6-10/h4-6,11H,1-3,7H2,(H,17,18). The number of carboxylic acid groups (broad SMARTS) is 1. The minimum absolute atomic E-state index is 0.490. The Morgan fingerprint density at radius 2 is 2.00 bits per heavy atom. The van der Waals surface area contributed by atoms with Gasteiger partial charge in [0, 0.05) is 4.90 Å². The summed E-state index contributed by atoms with van der Waals surface area (Å²) in [5.74, 6) is -1.43. The van der Waals surface area contributed by atoms with E-state index in [-0.39, 0.29) is 0 Å². The van der Waals surface area contributed by atoms with E-state index in [9.17, 15) is 18.0 Å². The maximum Gasteiger partial charge on any atom is 0.401 e. The number of carbonyl (C=O) groups is 1. The molecule has 0 radical (unpaired) electrons. The first-order valence-corrected chi connectivity index (χ1v) is 6.81. The van der Waals surface area contributed by atoms with Crippen LogP contribution in [-0.2, 0) is 17.6 Å². The molecule has 0 heterocycles. The molecule has 1 unspecified atom stereocenters. The number of alkyl halides is 3. The van der Waals surface area contributed by atoms with E-state index in [1.165, 1.54) is 5.56 Å². The fourth-order valence-electron chi connectivity index (χ4n) is 2.17. The molecule has 0 amide bonds. The Morgan fingerprint density at radius 1 is 1.32 bits per heavy atom. The summed E-state index contributed by atoms with van der Waals surface area (Å²) in [5.41, 5.74) is 2.27. The Bertz CT molecular complexity index is 485. The summed E-state index contributed by atoms with van der Waals surface area (Å²) >= 11 is 0.584. The number of fused-ring (bicyclic) bond motifs is 1. The number of benzene rings is 1. The molecular weight excluding hydrogens is 277 g/mol. The minimum atomic E-state index is -4.51. The third-order valence-corrected chi connectivity index (χ3v) is 4.32. The van der Waals surface area contributed by atoms with Gasteiger partial charge in [-0.2, -0.15) is 13.2 Å². The molecule has 0 aromatic heterocycles. The van der Waals surface area contributed by atoms with Crippen LogP contribution in [0.25, 0.3) is 0 Å². The van der Waals surface area contributed by atoms with E-state index in [4.69, 9.17) is 5.11 Å². The van der Waals surface area contributed by atoms with Crippen molar-refractivity contribution >= 4 is 17.7 Å². The number of carboxylic acids is 1. The van der Waals surface area contributed by atoms with Gasteiger partial charge in [0.05, 0.1) is 6.42 Å². The molecule has 19 heavy (non-hydrogen) atoms. The topological polar surface area (TPSA) is 37.3 Å². The molecule has 6 heteroatoms. The molecular formula is C13H13F3O2S. The van der Waals surface area contributed by atoms with Crippen LogP contribution in [0.5, 0.6) is 0 Å². The summed E-state index contributed by atoms with van der Waals surface area (Å²) in [4.78, 5) is 11.0. The number of aliphatic carboxylic acids is 1. The Balaban J connectivity index is 2.15. The van der Waals surface area contributed by atoms with Gasteiger partial charge in [-0.25, -0.2) is 0 Å². The Labute approximate surface area is 113 Å². The van der Waals surface area contributed by atoms with Gasteiger partial charge in [-0.1, -0.05) is 6.07 Å². The second-order valence-electron chi connectivity index (χ2n) is 4.53. The van der Waals surface area contributed by atoms with E-state index in [2.05, 4.69) is 0 Å². The average molecular weight is 290 g/mol. The highest BCUT2D eigenvalue weighted by Gasteiger charge is 2.41. The Kier molecular flexibility index (Phi) is 4.08. The van der Waals surface area contributed by atoms with E-state index in [1.54, 1.807) is 12.1 Å². The first-order valence-electron chi connectivity index (χ1n) is 5.93. The molecule has 1 aromatic carbocycles. The lowest BCUT2D eigenvalue weighted by atomic mass is 10.1. The van der Waals surface area contributed by atoms with E-state index in [0.29, 0.717) is 16.7 Å². The van der Waals surface area contributed by atoms with Crippen molar-refractivity contribution in [3.63, 3.8) is 0 Å². The van der Waals surface area contributed by atoms with Gasteiger partial charge in [0.1, 0.15) is 5.25 Å². The number of hydrogen-bond acceptors (Lipinski definition) is 2. The van der Waals surface area contributed by atoms with Crippen LogP contribution < -0.4 is 0 Å². The van der Waals surface area contributed by atoms with Crippen molar-refractivity contribution in [2.24, 2.45) is 0 Å². The van der Waals surface area contributed by atoms with Crippen LogP contribution in [0.4, 0.5) is 13.2 Å². The molecule has 1 aliphatic carbocycles. The van der Waals surface area contributed by atoms with Crippen LogP contribution in [0.15, 0.2) is 23.1 Å². The maximum absolute atomic E-state index is 12.8. The number of rotatable bonds is 4. The third kappa shape index (κ3) is 3.65. The van der Waals surface area contributed by atoms with E-state index in [1.807, 2.05) is 6.07 Å². The predicted octanol–water partition coefficient (Wildman–Crippen LogP) is 3.67. The summed E-state index contributed by atoms with van der Waals surface area (Å²) < 4.78 is 38.3. The van der Waals surface area contributed by atoms with Gasteiger partial charge in [-0.05, 0) is 42.5 Å². The average Bonchev–Trinajstić information content (AvgIpc) is 2.73. The van der Waals surface area contributed by atoms with E-state index in [0.717, 1.165) is 24.8 Å². The quantitative estimate of drug-likeness (QED) is 0.860. The van der Waals surface area contributed by atoms with Crippen LogP contribution in [0.1, 0.15) is 24.0 Å². The molecule has 1 aliphatic rings. The molecule has 0 aliphatic heterocycles. The van der Waals surface area contributed by atoms with E-state index >= 15 is 0 Å². The van der Waals surface area contributed by atoms with Gasteiger partial charge in [0.2, 0.25) is 0 Å². The van der Waals surface area contributed by atoms with Crippen molar-refractivity contribution < 1.29 is 23.1 Å². The molecule has 0 saturated heterocycles. The van der Waals surface area contributed by atoms with Crippen LogP contribution in [-0.4, -0.2) is 22.5 Å². The number of thioether (sulfide) groups is 1. The first kappa shape index (κ1) is 14.2. The molecule has 2 rings (SSSR count). The maximum atomic E-state index is 12.8. The zero-order chi connectivity index (χ0) is 14.0. The molecule has 2 nitrogen and oxygen atoms in total. The zero-order valence-electron chi connectivity index (χ0n) is 10.0. The number of hydrogen-bond donors (Lipinski definition) is 1. The fraction of sp³-hybridized carbons (Fsp3) is 0.462. The molecule has 1 atom stereocenters. The highest BCUT2D eigenvalue weighted by atomic mass is 32.2. The van der Waals surface area contributed by atoms with Crippen molar-refractivity contribution in [1.29, 1.82) is 0 Å². The van der Waals surface area contributed by atoms with Crippen molar-refractivity contribution in [3.8, 4) is 0 Å². The Hall–Kier alpha value is -1.17. The van der Waals surface area contributed by atoms with Gasteiger partial charge < -0.3 is 5.11 Å². The largest absolute Gasteiger partial charge is 0.481 e. The highest BCUT2D eigenvalue weighted by molar-refractivity contribution is 8.00. The molecule has 0 spiro atoms. The van der Waals surface area contributed by atoms with Crippen molar-refractivity contribution in [2.75, 3.05) is 0 Å². The SMILES string of the molecule is O=C(O)CC(Sc1ccc2c(c1)CCC2)C(F)(F)F. The summed E-state index contributed by atoms with van der Waals surface area (Å²) in [7, 11) is 0. The summed E-state index contributed by atoms with van der Waals surface area (Å²) in [6, 6.07) is 5.25. The fourth-order valence-corrected chi connectivity index (χ4v) is 3.21. The second kappa shape index (κ2) is 5.45. The van der Waals surface area contributed by atoms with Gasteiger partial charge in [0.15, 0.2) is 0 Å². The lowest BCUT2D eigenvalue weighted by Gasteiger charge is -2.18. The van der Waals surface area contributed by atoms with Gasteiger partial charge >= 0.3 is 12.1 Å². The summed E-state index contributed by atoms with van der Waals surface area (Å²) in [6.07, 6.45) is -2.54. The number of aryl methyl sites for hydroxylation is 2. The molecule has 0 fully saturated rings. The third-order valence-electron chi connectivity index (χ3n) is 3.07. The molecule has 0 bridgehead atoms. The van der Waals surface area contributed by atoms with Crippen LogP contribution >= 0.6 is 11.8 Å². The lowest BCUT2D eigenvalue weighted by molar-refractivity contribution is -0.149. The minimum Gasteiger partial charge on any atom is -0.481 e. The van der Waals surface area contributed by atoms with Crippen LogP contribution in [0.3, 0.4) is 0 Å². The molecule has 1 aromatic rings. The van der Waals surface area contributed by atoms with Crippen molar-refractivity contribution in [3.05, 3.63) is 29.3 Å². The van der Waals surface area contributed by atoms with Gasteiger partial charge in [0.25, 0.3) is 0 Å². The molecule has 1 N–H and O–H groups in total.